The van der Waals surface area contributed by atoms with Crippen LogP contribution in [0.2, 0.25) is 0 Å². The highest BCUT2D eigenvalue weighted by atomic mass is 16.3. The molecule has 4 bridgehead atoms. The second-order valence-electron chi connectivity index (χ2n) is 12.5. The molecule has 5 saturated carbocycles. The zero-order valence-corrected chi connectivity index (χ0v) is 21.4. The maximum atomic E-state index is 12.8. The summed E-state index contributed by atoms with van der Waals surface area (Å²) in [5, 5.41) is 17.6. The molecule has 1 aliphatic heterocycles. The van der Waals surface area contributed by atoms with E-state index in [0.717, 1.165) is 47.7 Å². The number of anilines is 1. The van der Waals surface area contributed by atoms with E-state index in [-0.39, 0.29) is 29.9 Å². The van der Waals surface area contributed by atoms with Crippen molar-refractivity contribution >= 4 is 17.6 Å². The van der Waals surface area contributed by atoms with Crippen molar-refractivity contribution in [2.75, 3.05) is 25.0 Å². The van der Waals surface area contributed by atoms with Gasteiger partial charge in [-0.2, -0.15) is 0 Å². The van der Waals surface area contributed by atoms with Crippen molar-refractivity contribution in [2.24, 2.45) is 29.1 Å². The first-order valence-electron chi connectivity index (χ1n) is 14.3. The summed E-state index contributed by atoms with van der Waals surface area (Å²) >= 11 is 0. The standard InChI is InChI=1S/C28H41N5O3/c34-24(28-11-19-7-20(12-28)9-21(8-19)13-28)14-30-27-22-5-6-33(16-23(22)31-17-32-27)26(36)15-29-25(35)10-18-3-1-2-4-18/h17-21,24,34H,1-16H2,(H,29,35)(H,30,31,32). The highest BCUT2D eigenvalue weighted by molar-refractivity contribution is 5.85. The number of nitrogens with one attached hydrogen (secondary N) is 2. The lowest BCUT2D eigenvalue weighted by molar-refractivity contribution is -0.133. The highest BCUT2D eigenvalue weighted by Gasteiger charge is 2.53. The molecule has 1 aromatic heterocycles. The van der Waals surface area contributed by atoms with E-state index >= 15 is 0 Å². The van der Waals surface area contributed by atoms with E-state index in [1.165, 1.54) is 51.4 Å². The summed E-state index contributed by atoms with van der Waals surface area (Å²) in [6, 6.07) is 0. The quantitative estimate of drug-likeness (QED) is 0.512. The summed E-state index contributed by atoms with van der Waals surface area (Å²) in [4.78, 5) is 35.7. The second-order valence-corrected chi connectivity index (χ2v) is 12.5. The van der Waals surface area contributed by atoms with Gasteiger partial charge in [-0.25, -0.2) is 9.97 Å². The number of rotatable bonds is 8. The topological polar surface area (TPSA) is 107 Å². The Morgan fingerprint density at radius 1 is 1.08 bits per heavy atom. The van der Waals surface area contributed by atoms with E-state index in [1.54, 1.807) is 11.2 Å². The van der Waals surface area contributed by atoms with Crippen LogP contribution in [0.25, 0.3) is 0 Å². The molecule has 0 spiro atoms. The van der Waals surface area contributed by atoms with Crippen LogP contribution in [0.3, 0.4) is 0 Å². The van der Waals surface area contributed by atoms with Gasteiger partial charge in [0, 0.05) is 25.1 Å². The van der Waals surface area contributed by atoms with E-state index in [0.29, 0.717) is 38.4 Å². The van der Waals surface area contributed by atoms with Crippen LogP contribution in [0.4, 0.5) is 5.82 Å². The number of aromatic nitrogens is 2. The first kappa shape index (κ1) is 24.1. The van der Waals surface area contributed by atoms with E-state index in [2.05, 4.69) is 20.6 Å². The Labute approximate surface area is 214 Å². The third-order valence-electron chi connectivity index (χ3n) is 10.0. The van der Waals surface area contributed by atoms with E-state index in [1.807, 2.05) is 0 Å². The fourth-order valence-corrected chi connectivity index (χ4v) is 8.55. The predicted molar refractivity (Wildman–Crippen MR) is 136 cm³/mol. The van der Waals surface area contributed by atoms with Gasteiger partial charge in [-0.05, 0) is 86.9 Å². The summed E-state index contributed by atoms with van der Waals surface area (Å²) < 4.78 is 0. The molecule has 0 saturated heterocycles. The number of carbonyl (C=O) groups is 2. The molecule has 7 rings (SSSR count). The van der Waals surface area contributed by atoms with Crippen LogP contribution in [0.15, 0.2) is 6.33 Å². The van der Waals surface area contributed by atoms with Crippen molar-refractivity contribution in [3.63, 3.8) is 0 Å². The predicted octanol–water partition coefficient (Wildman–Crippen LogP) is 3.05. The molecule has 1 aromatic rings. The summed E-state index contributed by atoms with van der Waals surface area (Å²) in [6.45, 7) is 1.59. The molecule has 1 atom stereocenters. The van der Waals surface area contributed by atoms with Crippen LogP contribution in [-0.2, 0) is 22.6 Å². The Balaban J connectivity index is 1.02. The Morgan fingerprint density at radius 2 is 1.78 bits per heavy atom. The van der Waals surface area contributed by atoms with Crippen molar-refractivity contribution in [1.29, 1.82) is 0 Å². The number of fused-ring (bicyclic) bond motifs is 1. The lowest BCUT2D eigenvalue weighted by Gasteiger charge is -2.58. The minimum absolute atomic E-state index is 0.0148. The second kappa shape index (κ2) is 9.92. The number of nitrogens with zero attached hydrogens (tertiary/aromatic N) is 3. The molecular weight excluding hydrogens is 454 g/mol. The monoisotopic (exact) mass is 495 g/mol. The van der Waals surface area contributed by atoms with Crippen molar-refractivity contribution < 1.29 is 14.7 Å². The minimum Gasteiger partial charge on any atom is -0.391 e. The van der Waals surface area contributed by atoms with Crippen molar-refractivity contribution in [2.45, 2.75) is 89.7 Å². The Morgan fingerprint density at radius 3 is 2.47 bits per heavy atom. The number of aliphatic hydroxyl groups excluding tert-OH is 1. The van der Waals surface area contributed by atoms with Gasteiger partial charge < -0.3 is 20.6 Å². The third kappa shape index (κ3) is 4.85. The minimum atomic E-state index is -0.356. The number of carbonyl (C=O) groups excluding carboxylic acids is 2. The number of hydrogen-bond donors (Lipinski definition) is 3. The average molecular weight is 496 g/mol. The van der Waals surface area contributed by atoms with E-state index in [4.69, 9.17) is 0 Å². The van der Waals surface area contributed by atoms with Gasteiger partial charge in [0.15, 0.2) is 0 Å². The van der Waals surface area contributed by atoms with Crippen LogP contribution in [-0.4, -0.2) is 57.5 Å². The molecule has 36 heavy (non-hydrogen) atoms. The van der Waals surface area contributed by atoms with Gasteiger partial charge in [0.2, 0.25) is 11.8 Å². The highest BCUT2D eigenvalue weighted by Crippen LogP contribution is 2.61. The molecule has 2 heterocycles. The maximum Gasteiger partial charge on any atom is 0.242 e. The summed E-state index contributed by atoms with van der Waals surface area (Å²) in [5.41, 5.74) is 1.98. The smallest absolute Gasteiger partial charge is 0.242 e. The third-order valence-corrected chi connectivity index (χ3v) is 10.0. The Bertz CT molecular complexity index is 956. The van der Waals surface area contributed by atoms with E-state index < -0.39 is 0 Å². The van der Waals surface area contributed by atoms with Gasteiger partial charge in [0.05, 0.1) is 24.9 Å². The molecular formula is C28H41N5O3. The molecule has 8 nitrogen and oxygen atoms in total. The molecule has 6 aliphatic rings. The van der Waals surface area contributed by atoms with Crippen LogP contribution < -0.4 is 10.6 Å². The number of aliphatic hydroxyl groups is 1. The van der Waals surface area contributed by atoms with Gasteiger partial charge in [-0.1, -0.05) is 12.8 Å². The fourth-order valence-electron chi connectivity index (χ4n) is 8.55. The van der Waals surface area contributed by atoms with Crippen molar-refractivity contribution in [3.8, 4) is 0 Å². The average Bonchev–Trinajstić information content (AvgIpc) is 3.37. The Hall–Kier alpha value is -2.22. The molecule has 1 unspecified atom stereocenters. The van der Waals surface area contributed by atoms with Crippen molar-refractivity contribution in [3.05, 3.63) is 17.6 Å². The fraction of sp³-hybridized carbons (Fsp3) is 0.786. The zero-order chi connectivity index (χ0) is 24.7. The first-order chi connectivity index (χ1) is 17.5. The van der Waals surface area contributed by atoms with Crippen LogP contribution in [0.1, 0.15) is 81.9 Å². The zero-order valence-electron chi connectivity index (χ0n) is 21.4. The number of hydrogen-bond acceptors (Lipinski definition) is 6. The normalized spacial score (nSPS) is 31.8. The van der Waals surface area contributed by atoms with Gasteiger partial charge in [0.25, 0.3) is 0 Å². The van der Waals surface area contributed by atoms with Crippen LogP contribution in [0, 0.1) is 29.1 Å². The first-order valence-corrected chi connectivity index (χ1v) is 14.3. The van der Waals surface area contributed by atoms with Gasteiger partial charge >= 0.3 is 0 Å². The summed E-state index contributed by atoms with van der Waals surface area (Å²) in [7, 11) is 0. The molecule has 3 N–H and O–H groups in total. The van der Waals surface area contributed by atoms with Gasteiger partial charge in [-0.15, -0.1) is 0 Å². The summed E-state index contributed by atoms with van der Waals surface area (Å²) in [6.07, 6.45) is 14.7. The van der Waals surface area contributed by atoms with Crippen LogP contribution in [0.5, 0.6) is 0 Å². The molecule has 5 fully saturated rings. The molecule has 5 aliphatic carbocycles. The molecule has 8 heteroatoms. The number of amides is 2. The van der Waals surface area contributed by atoms with Crippen LogP contribution >= 0.6 is 0 Å². The van der Waals surface area contributed by atoms with Crippen molar-refractivity contribution in [1.82, 2.24) is 20.2 Å². The lowest BCUT2D eigenvalue weighted by atomic mass is 9.48. The lowest BCUT2D eigenvalue weighted by Crippen LogP contribution is -2.53. The Kier molecular flexibility index (Phi) is 6.65. The SMILES string of the molecule is O=C(CC1CCCC1)NCC(=O)N1CCc2c(ncnc2NCC(O)C23CC4CC(CC(C4)C2)C3)C1. The molecule has 2 amide bonds. The molecule has 0 aromatic carbocycles. The summed E-state index contributed by atoms with van der Waals surface area (Å²) in [5.74, 6) is 3.63. The van der Waals surface area contributed by atoms with E-state index in [9.17, 15) is 14.7 Å². The largest absolute Gasteiger partial charge is 0.391 e. The molecule has 196 valence electrons. The molecule has 0 radical (unpaired) electrons. The van der Waals surface area contributed by atoms with Gasteiger partial charge in [-0.3, -0.25) is 9.59 Å². The maximum absolute atomic E-state index is 12.8. The van der Waals surface area contributed by atoms with Gasteiger partial charge in [0.1, 0.15) is 12.1 Å².